The van der Waals surface area contributed by atoms with Crippen molar-refractivity contribution in [2.45, 2.75) is 0 Å². The first kappa shape index (κ1) is 5.60. The van der Waals surface area contributed by atoms with Crippen LogP contribution in [0.2, 0.25) is 0 Å². The van der Waals surface area contributed by atoms with E-state index in [0.717, 1.165) is 0 Å². The lowest BCUT2D eigenvalue weighted by molar-refractivity contribution is 0.583. The lowest BCUT2D eigenvalue weighted by Gasteiger charge is -1.97. The summed E-state index contributed by atoms with van der Waals surface area (Å²) in [5.74, 6) is -0.372. The van der Waals surface area contributed by atoms with Gasteiger partial charge in [0.15, 0.2) is 0 Å². The van der Waals surface area contributed by atoms with Crippen LogP contribution in [-0.2, 0) is 0 Å². The molecule has 1 N–H and O–H groups in total. The summed E-state index contributed by atoms with van der Waals surface area (Å²) in [5, 5.41) is 2.33. The topological polar surface area (TPSA) is 12.0 Å². The zero-order chi connectivity index (χ0) is 5.98. The lowest BCUT2D eigenvalue weighted by atomic mass is 10.5. The molecule has 0 aromatic heterocycles. The Kier molecular flexibility index (Phi) is 1.51. The van der Waals surface area contributed by atoms with Crippen molar-refractivity contribution in [2.75, 3.05) is 0 Å². The van der Waals surface area contributed by atoms with Crippen molar-refractivity contribution in [1.29, 1.82) is 0 Å². The Morgan fingerprint density at radius 3 is 2.88 bits per heavy atom. The molecule has 0 fully saturated rings. The highest BCUT2D eigenvalue weighted by atomic mass is 79.9. The van der Waals surface area contributed by atoms with E-state index < -0.39 is 0 Å². The SMILES string of the molecule is FC1=C(Br)C=C=CN1. The largest absolute Gasteiger partial charge is 0.331 e. The average Bonchev–Trinajstić information content (AvgIpc) is 1.77. The zero-order valence-electron chi connectivity index (χ0n) is 3.91. The first-order valence-corrected chi connectivity index (χ1v) is 2.83. The molecule has 0 unspecified atom stereocenters. The van der Waals surface area contributed by atoms with Gasteiger partial charge in [0, 0.05) is 12.3 Å². The Hall–Kier alpha value is -0.530. The molecule has 0 atom stereocenters. The maximum Gasteiger partial charge on any atom is 0.206 e. The second-order valence-electron chi connectivity index (χ2n) is 1.26. The maximum atomic E-state index is 12.2. The molecule has 0 saturated carbocycles. The van der Waals surface area contributed by atoms with Crippen LogP contribution in [0.1, 0.15) is 0 Å². The number of nitrogens with one attached hydrogen (secondary N) is 1. The monoisotopic (exact) mass is 175 g/mol. The van der Waals surface area contributed by atoms with Gasteiger partial charge in [-0.15, -0.1) is 5.73 Å². The van der Waals surface area contributed by atoms with Gasteiger partial charge in [0.25, 0.3) is 0 Å². The highest BCUT2D eigenvalue weighted by Crippen LogP contribution is 2.13. The molecule has 3 heteroatoms. The predicted octanol–water partition coefficient (Wildman–Crippen LogP) is 1.79. The average molecular weight is 176 g/mol. The van der Waals surface area contributed by atoms with E-state index in [4.69, 9.17) is 0 Å². The molecule has 0 bridgehead atoms. The molecule has 0 saturated heterocycles. The van der Waals surface area contributed by atoms with E-state index in [1.165, 1.54) is 12.3 Å². The summed E-state index contributed by atoms with van der Waals surface area (Å²) < 4.78 is 12.6. The zero-order valence-corrected chi connectivity index (χ0v) is 5.50. The van der Waals surface area contributed by atoms with E-state index in [1.807, 2.05) is 0 Å². The van der Waals surface area contributed by atoms with E-state index >= 15 is 0 Å². The second kappa shape index (κ2) is 2.16. The summed E-state index contributed by atoms with van der Waals surface area (Å²) in [6.45, 7) is 0. The Balaban J connectivity index is 2.93. The quantitative estimate of drug-likeness (QED) is 0.438. The van der Waals surface area contributed by atoms with Gasteiger partial charge in [-0.3, -0.25) is 0 Å². The third-order valence-electron chi connectivity index (χ3n) is 0.702. The number of hydrogen-bond donors (Lipinski definition) is 1. The molecule has 0 aliphatic carbocycles. The van der Waals surface area contributed by atoms with Crippen LogP contribution in [0.15, 0.2) is 28.4 Å². The van der Waals surface area contributed by atoms with E-state index in [1.54, 1.807) is 0 Å². The molecule has 8 heavy (non-hydrogen) atoms. The molecule has 1 rings (SSSR count). The summed E-state index contributed by atoms with van der Waals surface area (Å²) in [7, 11) is 0. The summed E-state index contributed by atoms with van der Waals surface area (Å²) >= 11 is 2.96. The van der Waals surface area contributed by atoms with Gasteiger partial charge in [0.05, 0.1) is 4.48 Å². The first-order chi connectivity index (χ1) is 3.80. The van der Waals surface area contributed by atoms with Crippen LogP contribution in [0.5, 0.6) is 0 Å². The Morgan fingerprint density at radius 2 is 2.50 bits per heavy atom. The number of halogens is 2. The van der Waals surface area contributed by atoms with Crippen LogP contribution in [0.4, 0.5) is 4.39 Å². The molecule has 1 heterocycles. The molecule has 0 radical (unpaired) electrons. The van der Waals surface area contributed by atoms with Gasteiger partial charge in [-0.2, -0.15) is 4.39 Å². The van der Waals surface area contributed by atoms with Crippen molar-refractivity contribution < 1.29 is 4.39 Å². The van der Waals surface area contributed by atoms with Crippen molar-refractivity contribution in [3.05, 3.63) is 28.4 Å². The fraction of sp³-hybridized carbons (Fsp3) is 0. The molecule has 1 aliphatic heterocycles. The van der Waals surface area contributed by atoms with Gasteiger partial charge in [-0.05, 0) is 15.9 Å². The van der Waals surface area contributed by atoms with Gasteiger partial charge < -0.3 is 5.32 Å². The number of rotatable bonds is 0. The third kappa shape index (κ3) is 0.997. The predicted molar refractivity (Wildman–Crippen MR) is 32.8 cm³/mol. The van der Waals surface area contributed by atoms with Crippen LogP contribution in [-0.4, -0.2) is 0 Å². The third-order valence-corrected chi connectivity index (χ3v) is 1.28. The summed E-state index contributed by atoms with van der Waals surface area (Å²) in [4.78, 5) is 0. The fourth-order valence-electron chi connectivity index (χ4n) is 0.352. The Bertz CT molecular complexity index is 189. The van der Waals surface area contributed by atoms with Gasteiger partial charge >= 0.3 is 0 Å². The Labute approximate surface area is 54.7 Å². The van der Waals surface area contributed by atoms with Crippen molar-refractivity contribution in [2.24, 2.45) is 0 Å². The number of allylic oxidation sites excluding steroid dienone is 2. The van der Waals surface area contributed by atoms with E-state index in [-0.39, 0.29) is 5.95 Å². The molecule has 0 amide bonds. The van der Waals surface area contributed by atoms with Gasteiger partial charge in [0.2, 0.25) is 5.95 Å². The van der Waals surface area contributed by atoms with Crippen LogP contribution >= 0.6 is 15.9 Å². The maximum absolute atomic E-state index is 12.2. The van der Waals surface area contributed by atoms with Gasteiger partial charge in [-0.1, -0.05) is 0 Å². The van der Waals surface area contributed by atoms with Crippen LogP contribution in [0, 0.1) is 0 Å². The minimum Gasteiger partial charge on any atom is -0.331 e. The molecule has 1 nitrogen and oxygen atoms in total. The van der Waals surface area contributed by atoms with Gasteiger partial charge in [-0.25, -0.2) is 0 Å². The molecule has 1 aliphatic rings. The van der Waals surface area contributed by atoms with Crippen LogP contribution < -0.4 is 5.32 Å². The van der Waals surface area contributed by atoms with E-state index in [2.05, 4.69) is 27.0 Å². The van der Waals surface area contributed by atoms with Gasteiger partial charge in [0.1, 0.15) is 0 Å². The molecule has 42 valence electrons. The minimum absolute atomic E-state index is 0.372. The van der Waals surface area contributed by atoms with Crippen molar-refractivity contribution >= 4 is 15.9 Å². The molecule has 0 aromatic rings. The molecule has 0 aromatic carbocycles. The summed E-state index contributed by atoms with van der Waals surface area (Å²) in [5.41, 5.74) is 2.66. The highest BCUT2D eigenvalue weighted by Gasteiger charge is 1.98. The number of hydrogen-bond acceptors (Lipinski definition) is 1. The first-order valence-electron chi connectivity index (χ1n) is 2.03. The van der Waals surface area contributed by atoms with Crippen LogP contribution in [0.25, 0.3) is 0 Å². The minimum atomic E-state index is -0.372. The fourth-order valence-corrected chi connectivity index (χ4v) is 0.599. The van der Waals surface area contributed by atoms with E-state index in [0.29, 0.717) is 4.48 Å². The van der Waals surface area contributed by atoms with Crippen molar-refractivity contribution in [1.82, 2.24) is 5.32 Å². The lowest BCUT2D eigenvalue weighted by Crippen LogP contribution is -2.01. The molecular weight excluding hydrogens is 173 g/mol. The highest BCUT2D eigenvalue weighted by molar-refractivity contribution is 9.11. The van der Waals surface area contributed by atoms with Crippen molar-refractivity contribution in [3.8, 4) is 0 Å². The summed E-state index contributed by atoms with van der Waals surface area (Å²) in [6, 6.07) is 0. The normalized spacial score (nSPS) is 16.8. The standard InChI is InChI=1S/C5H3BrFN/c6-4-2-1-3-8-5(4)7/h2-3,8H. The molecular formula is C5H3BrFN. The summed E-state index contributed by atoms with van der Waals surface area (Å²) in [6.07, 6.45) is 2.91. The molecule has 0 spiro atoms. The van der Waals surface area contributed by atoms with Crippen LogP contribution in [0.3, 0.4) is 0 Å². The van der Waals surface area contributed by atoms with E-state index in [9.17, 15) is 4.39 Å². The second-order valence-corrected chi connectivity index (χ2v) is 2.12. The Morgan fingerprint density at radius 1 is 1.75 bits per heavy atom. The smallest absolute Gasteiger partial charge is 0.206 e. The van der Waals surface area contributed by atoms with Crippen molar-refractivity contribution in [3.63, 3.8) is 0 Å².